The molecule has 1 aromatic carbocycles. The van der Waals surface area contributed by atoms with Gasteiger partial charge in [0.05, 0.1) is 18.3 Å². The van der Waals surface area contributed by atoms with Gasteiger partial charge in [0, 0.05) is 9.86 Å². The zero-order valence-corrected chi connectivity index (χ0v) is 10.1. The molecule has 2 N–H and O–H groups in total. The molecule has 0 aliphatic rings. The highest BCUT2D eigenvalue weighted by Gasteiger charge is 2.13. The molecule has 0 bridgehead atoms. The van der Waals surface area contributed by atoms with Crippen molar-refractivity contribution in [2.24, 2.45) is 0 Å². The summed E-state index contributed by atoms with van der Waals surface area (Å²) in [5.74, 6) is -0.528. The lowest BCUT2D eigenvalue weighted by atomic mass is 10.2. The van der Waals surface area contributed by atoms with Crippen LogP contribution in [0.25, 0.3) is 10.9 Å². The predicted octanol–water partition coefficient (Wildman–Crippen LogP) is 2.37. The summed E-state index contributed by atoms with van der Waals surface area (Å²) in [6.45, 7) is 0. The third-order valence-corrected chi connectivity index (χ3v) is 2.91. The van der Waals surface area contributed by atoms with Gasteiger partial charge in [-0.15, -0.1) is 0 Å². The van der Waals surface area contributed by atoms with E-state index in [1.54, 1.807) is 6.07 Å². The Kier molecular flexibility index (Phi) is 2.78. The van der Waals surface area contributed by atoms with Gasteiger partial charge in [-0.2, -0.15) is 0 Å². The summed E-state index contributed by atoms with van der Waals surface area (Å²) in [7, 11) is 1.30. The first-order valence-electron chi connectivity index (χ1n) is 4.56. The molecular formula is C11H9BrN2O2. The molecule has 1 heterocycles. The molecule has 0 saturated heterocycles. The van der Waals surface area contributed by atoms with Gasteiger partial charge in [0.25, 0.3) is 0 Å². The van der Waals surface area contributed by atoms with Gasteiger partial charge in [0.2, 0.25) is 0 Å². The second-order valence-corrected chi connectivity index (χ2v) is 4.08. The minimum atomic E-state index is -0.528. The number of rotatable bonds is 1. The monoisotopic (exact) mass is 280 g/mol. The van der Waals surface area contributed by atoms with E-state index in [4.69, 9.17) is 5.73 Å². The number of fused-ring (bicyclic) bond motifs is 1. The summed E-state index contributed by atoms with van der Waals surface area (Å²) in [5, 5.41) is 0.868. The third kappa shape index (κ3) is 1.74. The average molecular weight is 281 g/mol. The van der Waals surface area contributed by atoms with Crippen LogP contribution in [0.3, 0.4) is 0 Å². The molecule has 0 fully saturated rings. The van der Waals surface area contributed by atoms with Crippen molar-refractivity contribution in [2.45, 2.75) is 0 Å². The smallest absolute Gasteiger partial charge is 0.358 e. The van der Waals surface area contributed by atoms with Gasteiger partial charge in [-0.1, -0.05) is 22.0 Å². The number of esters is 1. The Morgan fingerprint density at radius 2 is 2.25 bits per heavy atom. The Labute approximate surface area is 101 Å². The van der Waals surface area contributed by atoms with Gasteiger partial charge in [0.15, 0.2) is 5.69 Å². The summed E-state index contributed by atoms with van der Waals surface area (Å²) in [5.41, 5.74) is 6.90. The fraction of sp³-hybridized carbons (Fsp3) is 0.0909. The Balaban J connectivity index is 2.72. The third-order valence-electron chi connectivity index (χ3n) is 2.21. The van der Waals surface area contributed by atoms with E-state index < -0.39 is 5.97 Å². The summed E-state index contributed by atoms with van der Waals surface area (Å²) < 4.78 is 5.49. The Hall–Kier alpha value is -1.62. The molecule has 1 aromatic heterocycles. The highest BCUT2D eigenvalue weighted by molar-refractivity contribution is 9.10. The molecule has 2 rings (SSSR count). The van der Waals surface area contributed by atoms with E-state index in [0.29, 0.717) is 11.2 Å². The number of carbonyl (C=O) groups excluding carboxylic acids is 1. The van der Waals surface area contributed by atoms with Crippen molar-refractivity contribution in [3.05, 3.63) is 34.4 Å². The first-order valence-corrected chi connectivity index (χ1v) is 5.36. The highest BCUT2D eigenvalue weighted by Crippen LogP contribution is 2.26. The molecule has 16 heavy (non-hydrogen) atoms. The van der Waals surface area contributed by atoms with Crippen LogP contribution in [0.5, 0.6) is 0 Å². The molecule has 0 saturated carbocycles. The van der Waals surface area contributed by atoms with E-state index >= 15 is 0 Å². The quantitative estimate of drug-likeness (QED) is 0.815. The van der Waals surface area contributed by atoms with Crippen LogP contribution in [-0.4, -0.2) is 18.1 Å². The zero-order valence-electron chi connectivity index (χ0n) is 8.53. The lowest BCUT2D eigenvalue weighted by Gasteiger charge is -2.06. The summed E-state index contributed by atoms with van der Waals surface area (Å²) in [6, 6.07) is 7.25. The number of ether oxygens (including phenoxy) is 1. The lowest BCUT2D eigenvalue weighted by Crippen LogP contribution is -2.08. The number of halogens is 1. The number of nitrogens with zero attached hydrogens (tertiary/aromatic N) is 1. The number of anilines is 1. The number of methoxy groups -OCH3 is 1. The van der Waals surface area contributed by atoms with Crippen molar-refractivity contribution in [3.63, 3.8) is 0 Å². The highest BCUT2D eigenvalue weighted by atomic mass is 79.9. The summed E-state index contributed by atoms with van der Waals surface area (Å²) >= 11 is 3.40. The van der Waals surface area contributed by atoms with Crippen LogP contribution < -0.4 is 5.73 Å². The van der Waals surface area contributed by atoms with Gasteiger partial charge in [-0.05, 0) is 18.2 Å². The van der Waals surface area contributed by atoms with E-state index in [1.807, 2.05) is 18.2 Å². The molecule has 0 radical (unpaired) electrons. The number of pyridine rings is 1. The Morgan fingerprint density at radius 3 is 2.94 bits per heavy atom. The SMILES string of the molecule is COC(=O)c1nc2cccc(Br)c2cc1N. The van der Waals surface area contributed by atoms with Crippen molar-refractivity contribution >= 4 is 38.5 Å². The number of carbonyl (C=O) groups is 1. The number of hydrogen-bond donors (Lipinski definition) is 1. The van der Waals surface area contributed by atoms with Crippen molar-refractivity contribution < 1.29 is 9.53 Å². The second-order valence-electron chi connectivity index (χ2n) is 3.22. The molecule has 0 atom stereocenters. The first-order chi connectivity index (χ1) is 7.63. The van der Waals surface area contributed by atoms with Crippen LogP contribution >= 0.6 is 15.9 Å². The summed E-state index contributed by atoms with van der Waals surface area (Å²) in [6.07, 6.45) is 0. The molecule has 0 aliphatic heterocycles. The number of benzene rings is 1. The lowest BCUT2D eigenvalue weighted by molar-refractivity contribution is 0.0596. The van der Waals surface area contributed by atoms with Crippen LogP contribution in [0.2, 0.25) is 0 Å². The fourth-order valence-corrected chi connectivity index (χ4v) is 1.91. The number of aromatic nitrogens is 1. The fourth-order valence-electron chi connectivity index (χ4n) is 1.44. The first kappa shape index (κ1) is 10.9. The molecule has 0 amide bonds. The normalized spacial score (nSPS) is 10.4. The standard InChI is InChI=1S/C11H9BrN2O2/c1-16-11(15)10-8(13)5-6-7(12)3-2-4-9(6)14-10/h2-5H,13H2,1H3. The maximum Gasteiger partial charge on any atom is 0.358 e. The molecule has 4 nitrogen and oxygen atoms in total. The largest absolute Gasteiger partial charge is 0.464 e. The van der Waals surface area contributed by atoms with E-state index in [0.717, 1.165) is 9.86 Å². The Bertz CT molecular complexity index is 569. The number of nitrogens with two attached hydrogens (primary N) is 1. The topological polar surface area (TPSA) is 65.2 Å². The minimum absolute atomic E-state index is 0.146. The number of hydrogen-bond acceptors (Lipinski definition) is 4. The van der Waals surface area contributed by atoms with Crippen molar-refractivity contribution in [2.75, 3.05) is 12.8 Å². The molecule has 0 unspecified atom stereocenters. The van der Waals surface area contributed by atoms with E-state index in [2.05, 4.69) is 25.7 Å². The van der Waals surface area contributed by atoms with Crippen LogP contribution in [0.15, 0.2) is 28.7 Å². The van der Waals surface area contributed by atoms with E-state index in [1.165, 1.54) is 7.11 Å². The van der Waals surface area contributed by atoms with E-state index in [9.17, 15) is 4.79 Å². The Morgan fingerprint density at radius 1 is 1.50 bits per heavy atom. The maximum atomic E-state index is 11.4. The van der Waals surface area contributed by atoms with E-state index in [-0.39, 0.29) is 5.69 Å². The zero-order chi connectivity index (χ0) is 11.7. The predicted molar refractivity (Wildman–Crippen MR) is 65.2 cm³/mol. The molecule has 82 valence electrons. The van der Waals surface area contributed by atoms with Gasteiger partial charge >= 0.3 is 5.97 Å². The second kappa shape index (κ2) is 4.09. The van der Waals surface area contributed by atoms with Crippen molar-refractivity contribution in [3.8, 4) is 0 Å². The summed E-state index contributed by atoms with van der Waals surface area (Å²) in [4.78, 5) is 15.6. The molecular weight excluding hydrogens is 272 g/mol. The number of nitrogen functional groups attached to an aromatic ring is 1. The van der Waals surface area contributed by atoms with Crippen LogP contribution in [0.4, 0.5) is 5.69 Å². The average Bonchev–Trinajstić information content (AvgIpc) is 2.29. The molecule has 2 aromatic rings. The van der Waals surface area contributed by atoms with Gasteiger partial charge in [0.1, 0.15) is 0 Å². The molecule has 5 heteroatoms. The minimum Gasteiger partial charge on any atom is -0.464 e. The maximum absolute atomic E-state index is 11.4. The van der Waals surface area contributed by atoms with Crippen LogP contribution in [0.1, 0.15) is 10.5 Å². The van der Waals surface area contributed by atoms with Crippen molar-refractivity contribution in [1.82, 2.24) is 4.98 Å². The van der Waals surface area contributed by atoms with Gasteiger partial charge in [-0.3, -0.25) is 0 Å². The van der Waals surface area contributed by atoms with Crippen molar-refractivity contribution in [1.29, 1.82) is 0 Å². The van der Waals surface area contributed by atoms with Gasteiger partial charge < -0.3 is 10.5 Å². The van der Waals surface area contributed by atoms with Crippen LogP contribution in [-0.2, 0) is 4.74 Å². The van der Waals surface area contributed by atoms with Gasteiger partial charge in [-0.25, -0.2) is 9.78 Å². The van der Waals surface area contributed by atoms with Crippen LogP contribution in [0, 0.1) is 0 Å². The molecule has 0 spiro atoms. The molecule has 0 aliphatic carbocycles.